The number of benzene rings is 2. The van der Waals surface area contributed by atoms with Crippen molar-refractivity contribution < 1.29 is 31.8 Å². The Kier molecular flexibility index (Phi) is 3.20. The molecule has 4 rings (SSSR count). The molecule has 134 valence electrons. The highest BCUT2D eigenvalue weighted by molar-refractivity contribution is 5.59. The minimum atomic E-state index is -4.64. The second-order valence-electron chi connectivity index (χ2n) is 6.36. The van der Waals surface area contributed by atoms with Crippen molar-refractivity contribution in [3.8, 4) is 17.6 Å². The van der Waals surface area contributed by atoms with Crippen LogP contribution in [0.25, 0.3) is 0 Å². The van der Waals surface area contributed by atoms with E-state index in [1.807, 2.05) is 0 Å². The van der Waals surface area contributed by atoms with Crippen molar-refractivity contribution in [3.63, 3.8) is 0 Å². The Morgan fingerprint density at radius 2 is 1.85 bits per heavy atom. The fourth-order valence-corrected chi connectivity index (χ4v) is 3.69. The summed E-state index contributed by atoms with van der Waals surface area (Å²) < 4.78 is 75.5. The smallest absolute Gasteiger partial charge is 0.346 e. The van der Waals surface area contributed by atoms with E-state index >= 15 is 0 Å². The molecule has 2 aliphatic rings. The summed E-state index contributed by atoms with van der Waals surface area (Å²) in [7, 11) is 0. The summed E-state index contributed by atoms with van der Waals surface area (Å²) in [6.45, 7) is 0. The molecular weight excluding hydrogens is 357 g/mol. The zero-order chi connectivity index (χ0) is 18.9. The molecule has 0 amide bonds. The molecule has 2 aromatic rings. The van der Waals surface area contributed by atoms with E-state index < -0.39 is 40.8 Å². The summed E-state index contributed by atoms with van der Waals surface area (Å²) in [6, 6.07) is 6.81. The van der Waals surface area contributed by atoms with E-state index in [-0.39, 0.29) is 29.0 Å². The third-order valence-corrected chi connectivity index (χ3v) is 4.90. The van der Waals surface area contributed by atoms with Crippen molar-refractivity contribution in [2.45, 2.75) is 30.3 Å². The summed E-state index contributed by atoms with van der Waals surface area (Å²) in [5.41, 5.74) is -4.42. The van der Waals surface area contributed by atoms with Gasteiger partial charge in [0.05, 0.1) is 11.6 Å². The van der Waals surface area contributed by atoms with Crippen LogP contribution in [0.3, 0.4) is 0 Å². The molecule has 0 heterocycles. The first kappa shape index (κ1) is 16.8. The van der Waals surface area contributed by atoms with Crippen molar-refractivity contribution in [2.75, 3.05) is 0 Å². The zero-order valence-electron chi connectivity index (χ0n) is 13.0. The van der Waals surface area contributed by atoms with Gasteiger partial charge in [-0.25, -0.2) is 4.39 Å². The fraction of sp³-hybridized carbons (Fsp3) is 0.278. The molecule has 8 heteroatoms. The topological polar surface area (TPSA) is 53.2 Å². The summed E-state index contributed by atoms with van der Waals surface area (Å²) in [5, 5.41) is 19.2. The van der Waals surface area contributed by atoms with Crippen LogP contribution in [-0.2, 0) is 17.9 Å². The van der Waals surface area contributed by atoms with E-state index in [0.29, 0.717) is 0 Å². The Labute approximate surface area is 144 Å². The van der Waals surface area contributed by atoms with E-state index in [0.717, 1.165) is 24.3 Å². The van der Waals surface area contributed by atoms with Crippen LogP contribution in [0.2, 0.25) is 0 Å². The maximum absolute atomic E-state index is 14.2. The highest BCUT2D eigenvalue weighted by Gasteiger charge is 2.77. The SMILES string of the molecule is N#Cc1cc(F)cc(Oc2ccc3c4c2CC[C@]4(O)C(F)(F)C3(F)F)c1. The Balaban J connectivity index is 1.84. The van der Waals surface area contributed by atoms with E-state index in [1.54, 1.807) is 6.07 Å². The molecular formula is C18H10F5NO2. The first-order valence-corrected chi connectivity index (χ1v) is 7.65. The van der Waals surface area contributed by atoms with Gasteiger partial charge in [-0.15, -0.1) is 0 Å². The third kappa shape index (κ3) is 1.89. The van der Waals surface area contributed by atoms with Crippen molar-refractivity contribution in [1.29, 1.82) is 5.26 Å². The lowest BCUT2D eigenvalue weighted by Crippen LogP contribution is -2.47. The van der Waals surface area contributed by atoms with Crippen LogP contribution in [0.15, 0.2) is 30.3 Å². The molecule has 0 aliphatic heterocycles. The number of aliphatic hydroxyl groups is 1. The number of nitrogens with zero attached hydrogens (tertiary/aromatic N) is 1. The normalized spacial score (nSPS) is 24.2. The molecule has 0 saturated heterocycles. The van der Waals surface area contributed by atoms with Gasteiger partial charge in [0.15, 0.2) is 5.60 Å². The molecule has 0 fully saturated rings. The van der Waals surface area contributed by atoms with Gasteiger partial charge in [-0.2, -0.15) is 22.8 Å². The quantitative estimate of drug-likeness (QED) is 0.803. The Morgan fingerprint density at radius 3 is 2.54 bits per heavy atom. The Hall–Kier alpha value is -2.66. The van der Waals surface area contributed by atoms with Crippen molar-refractivity contribution in [2.24, 2.45) is 0 Å². The molecule has 3 nitrogen and oxygen atoms in total. The standard InChI is InChI=1S/C18H10F5NO2/c19-10-5-9(8-24)6-11(7-10)26-14-2-1-13-15-12(14)3-4-16(15,25)18(22,23)17(13,20)21/h1-2,5-7,25H,3-4H2/t16-/m1/s1. The number of alkyl halides is 4. The van der Waals surface area contributed by atoms with Gasteiger partial charge < -0.3 is 9.84 Å². The largest absolute Gasteiger partial charge is 0.457 e. The molecule has 0 aromatic heterocycles. The molecule has 0 saturated carbocycles. The summed E-state index contributed by atoms with van der Waals surface area (Å²) >= 11 is 0. The van der Waals surface area contributed by atoms with Crippen molar-refractivity contribution >= 4 is 0 Å². The Bertz CT molecular complexity index is 982. The van der Waals surface area contributed by atoms with E-state index in [9.17, 15) is 27.1 Å². The molecule has 2 aliphatic carbocycles. The molecule has 1 N–H and O–H groups in total. The van der Waals surface area contributed by atoms with Gasteiger partial charge in [-0.3, -0.25) is 0 Å². The van der Waals surface area contributed by atoms with Crippen LogP contribution < -0.4 is 4.74 Å². The summed E-state index contributed by atoms with van der Waals surface area (Å²) in [4.78, 5) is 0. The average molecular weight is 367 g/mol. The molecule has 0 radical (unpaired) electrons. The average Bonchev–Trinajstić information content (AvgIpc) is 2.98. The minimum Gasteiger partial charge on any atom is -0.457 e. The first-order chi connectivity index (χ1) is 12.1. The minimum absolute atomic E-state index is 0.0212. The number of hydrogen-bond donors (Lipinski definition) is 1. The number of ether oxygens (including phenoxy) is 1. The number of hydrogen-bond acceptors (Lipinski definition) is 3. The van der Waals surface area contributed by atoms with Gasteiger partial charge in [0.1, 0.15) is 17.3 Å². The third-order valence-electron chi connectivity index (χ3n) is 4.90. The van der Waals surface area contributed by atoms with Gasteiger partial charge in [0.25, 0.3) is 0 Å². The van der Waals surface area contributed by atoms with Crippen LogP contribution >= 0.6 is 0 Å². The highest BCUT2D eigenvalue weighted by atomic mass is 19.3. The van der Waals surface area contributed by atoms with Crippen molar-refractivity contribution in [1.82, 2.24) is 0 Å². The molecule has 26 heavy (non-hydrogen) atoms. The van der Waals surface area contributed by atoms with Crippen LogP contribution in [0, 0.1) is 17.1 Å². The maximum Gasteiger partial charge on any atom is 0.346 e. The lowest BCUT2D eigenvalue weighted by atomic mass is 9.95. The first-order valence-electron chi connectivity index (χ1n) is 7.65. The molecule has 2 aromatic carbocycles. The number of nitriles is 1. The lowest BCUT2D eigenvalue weighted by molar-refractivity contribution is -0.285. The molecule has 1 atom stereocenters. The fourth-order valence-electron chi connectivity index (χ4n) is 3.69. The monoisotopic (exact) mass is 367 g/mol. The predicted octanol–water partition coefficient (Wildman–Crippen LogP) is 4.36. The van der Waals surface area contributed by atoms with Gasteiger partial charge in [-0.05, 0) is 37.1 Å². The van der Waals surface area contributed by atoms with Gasteiger partial charge in [-0.1, -0.05) is 0 Å². The number of halogens is 5. The van der Waals surface area contributed by atoms with E-state index in [4.69, 9.17) is 10.00 Å². The van der Waals surface area contributed by atoms with Crippen molar-refractivity contribution in [3.05, 3.63) is 58.4 Å². The second kappa shape index (κ2) is 4.95. The molecule has 0 bridgehead atoms. The summed E-state index contributed by atoms with van der Waals surface area (Å²) in [5.74, 6) is -10.0. The Morgan fingerprint density at radius 1 is 1.12 bits per heavy atom. The van der Waals surface area contributed by atoms with E-state index in [1.165, 1.54) is 6.07 Å². The van der Waals surface area contributed by atoms with Crippen LogP contribution in [0.4, 0.5) is 22.0 Å². The maximum atomic E-state index is 14.2. The summed E-state index contributed by atoms with van der Waals surface area (Å²) in [6.07, 6.45) is -0.675. The molecule has 0 unspecified atom stereocenters. The second-order valence-corrected chi connectivity index (χ2v) is 6.36. The lowest BCUT2D eigenvalue weighted by Gasteiger charge is -2.29. The van der Waals surface area contributed by atoms with Crippen LogP contribution in [-0.4, -0.2) is 11.0 Å². The van der Waals surface area contributed by atoms with Gasteiger partial charge >= 0.3 is 11.8 Å². The number of rotatable bonds is 2. The zero-order valence-corrected chi connectivity index (χ0v) is 13.0. The van der Waals surface area contributed by atoms with Crippen LogP contribution in [0.5, 0.6) is 11.5 Å². The van der Waals surface area contributed by atoms with E-state index in [2.05, 4.69) is 0 Å². The molecule has 0 spiro atoms. The van der Waals surface area contributed by atoms with Gasteiger partial charge in [0.2, 0.25) is 0 Å². The van der Waals surface area contributed by atoms with Crippen LogP contribution in [0.1, 0.15) is 28.7 Å². The highest BCUT2D eigenvalue weighted by Crippen LogP contribution is 2.66. The predicted molar refractivity (Wildman–Crippen MR) is 78.7 cm³/mol. The van der Waals surface area contributed by atoms with Gasteiger partial charge in [0, 0.05) is 22.8 Å².